The third kappa shape index (κ3) is 5.74. The van der Waals surface area contributed by atoms with E-state index in [1.165, 1.54) is 5.56 Å². The molecule has 3 N–H and O–H groups in total. The molecule has 0 saturated carbocycles. The number of aryl methyl sites for hydroxylation is 1. The highest BCUT2D eigenvalue weighted by molar-refractivity contribution is 6.00. The van der Waals surface area contributed by atoms with Crippen molar-refractivity contribution in [3.8, 4) is 5.75 Å². The van der Waals surface area contributed by atoms with Crippen molar-refractivity contribution in [2.24, 2.45) is 10.7 Å². The van der Waals surface area contributed by atoms with Gasteiger partial charge in [0.1, 0.15) is 5.75 Å². The zero-order chi connectivity index (χ0) is 28.1. The number of rotatable bonds is 9. The smallest absolute Gasteiger partial charge is 0.251 e. The average molecular weight is 539 g/mol. The van der Waals surface area contributed by atoms with Gasteiger partial charge in [-0.15, -0.1) is 0 Å². The molecular weight excluding hydrogens is 500 g/mol. The first-order valence-corrected chi connectivity index (χ1v) is 14.3. The van der Waals surface area contributed by atoms with Crippen LogP contribution in [0.25, 0.3) is 0 Å². The summed E-state index contributed by atoms with van der Waals surface area (Å²) < 4.78 is 5.92. The second-order valence-corrected chi connectivity index (χ2v) is 10.7. The number of benzene rings is 3. The maximum absolute atomic E-state index is 13.6. The van der Waals surface area contributed by atoms with E-state index in [2.05, 4.69) is 17.4 Å². The molecule has 3 aromatic rings. The second-order valence-electron chi connectivity index (χ2n) is 10.7. The summed E-state index contributed by atoms with van der Waals surface area (Å²) in [5.41, 5.74) is 9.58. The summed E-state index contributed by atoms with van der Waals surface area (Å²) in [7, 11) is 0. The lowest BCUT2D eigenvalue weighted by Gasteiger charge is -2.41. The maximum Gasteiger partial charge on any atom is 0.251 e. The number of guanidine groups is 1. The molecule has 2 aliphatic rings. The lowest BCUT2D eigenvalue weighted by Crippen LogP contribution is -2.53. The van der Waals surface area contributed by atoms with Gasteiger partial charge in [0.15, 0.2) is 5.96 Å². The topological polar surface area (TPSA) is 97.0 Å². The molecule has 1 unspecified atom stereocenters. The van der Waals surface area contributed by atoms with Gasteiger partial charge in [-0.3, -0.25) is 14.5 Å². The number of nitrogens with one attached hydrogen (secondary N) is 1. The third-order valence-corrected chi connectivity index (χ3v) is 8.33. The van der Waals surface area contributed by atoms with E-state index in [1.54, 1.807) is 11.0 Å². The highest BCUT2D eigenvalue weighted by Crippen LogP contribution is 2.40. The zero-order valence-electron chi connectivity index (χ0n) is 23.3. The van der Waals surface area contributed by atoms with E-state index in [9.17, 15) is 9.59 Å². The Kier molecular flexibility index (Phi) is 8.19. The van der Waals surface area contributed by atoms with E-state index in [1.807, 2.05) is 74.5 Å². The molecule has 5 rings (SSSR count). The van der Waals surface area contributed by atoms with Gasteiger partial charge in [0, 0.05) is 17.5 Å². The molecule has 7 nitrogen and oxygen atoms in total. The van der Waals surface area contributed by atoms with Crippen LogP contribution in [0.3, 0.4) is 0 Å². The molecule has 0 bridgehead atoms. The number of fused-ring (bicyclic) bond motifs is 1. The number of ether oxygens (including phenoxy) is 1. The fourth-order valence-corrected chi connectivity index (χ4v) is 5.81. The van der Waals surface area contributed by atoms with Crippen molar-refractivity contribution < 1.29 is 14.3 Å². The quantitative estimate of drug-likeness (QED) is 0.364. The van der Waals surface area contributed by atoms with E-state index >= 15 is 0 Å². The van der Waals surface area contributed by atoms with Crippen LogP contribution in [-0.4, -0.2) is 34.8 Å². The normalized spacial score (nSPS) is 18.8. The van der Waals surface area contributed by atoms with Crippen LogP contribution in [0.1, 0.15) is 85.1 Å². The van der Waals surface area contributed by atoms with E-state index in [0.29, 0.717) is 30.8 Å². The van der Waals surface area contributed by atoms with Gasteiger partial charge >= 0.3 is 0 Å². The van der Waals surface area contributed by atoms with Crippen molar-refractivity contribution in [2.75, 3.05) is 6.61 Å². The molecule has 208 valence electrons. The van der Waals surface area contributed by atoms with Gasteiger partial charge < -0.3 is 15.8 Å². The molecule has 0 spiro atoms. The number of hydrogen-bond acceptors (Lipinski definition) is 5. The summed E-state index contributed by atoms with van der Waals surface area (Å²) in [6, 6.07) is 25.3. The minimum absolute atomic E-state index is 0.0334. The van der Waals surface area contributed by atoms with Gasteiger partial charge in [0.25, 0.3) is 5.91 Å². The first-order valence-electron chi connectivity index (χ1n) is 14.3. The van der Waals surface area contributed by atoms with Gasteiger partial charge in [0.05, 0.1) is 30.7 Å². The number of carbonyl (C=O) groups is 2. The summed E-state index contributed by atoms with van der Waals surface area (Å²) in [5.74, 6) is 0.711. The predicted octanol–water partition coefficient (Wildman–Crippen LogP) is 5.72. The lowest BCUT2D eigenvalue weighted by atomic mass is 9.87. The van der Waals surface area contributed by atoms with Crippen LogP contribution in [0.15, 0.2) is 83.9 Å². The van der Waals surface area contributed by atoms with Crippen LogP contribution < -0.4 is 15.8 Å². The summed E-state index contributed by atoms with van der Waals surface area (Å²) in [4.78, 5) is 33.4. The molecule has 2 heterocycles. The molecule has 2 atom stereocenters. The van der Waals surface area contributed by atoms with E-state index in [4.69, 9.17) is 15.5 Å². The van der Waals surface area contributed by atoms with Crippen molar-refractivity contribution in [3.63, 3.8) is 0 Å². The minimum atomic E-state index is -0.445. The number of amides is 2. The van der Waals surface area contributed by atoms with E-state index in [0.717, 1.165) is 36.8 Å². The first kappa shape index (κ1) is 27.4. The van der Waals surface area contributed by atoms with Gasteiger partial charge in [-0.1, -0.05) is 74.5 Å². The predicted molar refractivity (Wildman–Crippen MR) is 157 cm³/mol. The lowest BCUT2D eigenvalue weighted by molar-refractivity contribution is -0.132. The fourth-order valence-electron chi connectivity index (χ4n) is 5.81. The molecule has 0 aliphatic carbocycles. The molecule has 0 radical (unpaired) electrons. The van der Waals surface area contributed by atoms with Crippen LogP contribution >= 0.6 is 0 Å². The summed E-state index contributed by atoms with van der Waals surface area (Å²) in [5, 5.41) is 3.26. The van der Waals surface area contributed by atoms with E-state index < -0.39 is 5.54 Å². The van der Waals surface area contributed by atoms with Gasteiger partial charge in [-0.05, 0) is 55.0 Å². The number of nitrogens with zero attached hydrogens (tertiary/aromatic N) is 2. The number of hydrogen-bond donors (Lipinski definition) is 2. The monoisotopic (exact) mass is 538 g/mol. The van der Waals surface area contributed by atoms with Crippen LogP contribution in [0.5, 0.6) is 5.75 Å². The zero-order valence-corrected chi connectivity index (χ0v) is 23.3. The van der Waals surface area contributed by atoms with Crippen LogP contribution in [0.2, 0.25) is 0 Å². The highest BCUT2D eigenvalue weighted by Gasteiger charge is 2.41. The third-order valence-electron chi connectivity index (χ3n) is 8.33. The molecular formula is C33H38N4O3. The minimum Gasteiger partial charge on any atom is -0.493 e. The van der Waals surface area contributed by atoms with Crippen molar-refractivity contribution in [1.82, 2.24) is 10.2 Å². The Balaban J connectivity index is 1.40. The number of nitrogens with two attached hydrogens (primary N) is 1. The number of aliphatic imine (C=N–C) groups is 1. The second kappa shape index (κ2) is 11.9. The average Bonchev–Trinajstić information content (AvgIpc) is 2.99. The molecule has 7 heteroatoms. The van der Waals surface area contributed by atoms with Crippen LogP contribution in [0, 0.1) is 0 Å². The largest absolute Gasteiger partial charge is 0.493 e. The van der Waals surface area contributed by atoms with Crippen LogP contribution in [0.4, 0.5) is 0 Å². The SMILES string of the molecule is CCC1(CC)CC(=O)N([C@@H]2CCOc3ccc(C(=O)NC(CCc4ccccc4)c4ccccc4)cc32)C(N)=N1. The highest BCUT2D eigenvalue weighted by atomic mass is 16.5. The van der Waals surface area contributed by atoms with Crippen molar-refractivity contribution in [1.29, 1.82) is 0 Å². The Morgan fingerprint density at radius 1 is 1.07 bits per heavy atom. The summed E-state index contributed by atoms with van der Waals surface area (Å²) in [6.45, 7) is 4.55. The van der Waals surface area contributed by atoms with Crippen molar-refractivity contribution >= 4 is 17.8 Å². The Labute approximate surface area is 236 Å². The molecule has 0 fully saturated rings. The fraction of sp³-hybridized carbons (Fsp3) is 0.364. The molecule has 40 heavy (non-hydrogen) atoms. The van der Waals surface area contributed by atoms with E-state index in [-0.39, 0.29) is 29.9 Å². The summed E-state index contributed by atoms with van der Waals surface area (Å²) >= 11 is 0. The maximum atomic E-state index is 13.6. The van der Waals surface area contributed by atoms with Crippen molar-refractivity contribution in [3.05, 3.63) is 101 Å². The molecule has 3 aromatic carbocycles. The molecule has 2 aliphatic heterocycles. The standard InChI is InChI=1S/C33H38N4O3/c1-3-33(4-2)22-30(38)37(32(34)36-33)28-19-20-40-29-18-16-25(21-26(28)29)31(39)35-27(24-13-9-6-10-14-24)17-15-23-11-7-5-8-12-23/h5-14,16,18,21,27-28H,3-4,15,17,19-20,22H2,1-2H3,(H2,34,36)(H,35,39)/t27?,28-/m1/s1. The summed E-state index contributed by atoms with van der Waals surface area (Å²) in [6.07, 6.45) is 4.02. The molecule has 0 saturated heterocycles. The molecule has 0 aromatic heterocycles. The van der Waals surface area contributed by atoms with Gasteiger partial charge in [-0.2, -0.15) is 0 Å². The Morgan fingerprint density at radius 2 is 1.77 bits per heavy atom. The van der Waals surface area contributed by atoms with Gasteiger partial charge in [0.2, 0.25) is 5.91 Å². The van der Waals surface area contributed by atoms with Gasteiger partial charge in [-0.25, -0.2) is 4.99 Å². The Bertz CT molecular complexity index is 1370. The van der Waals surface area contributed by atoms with Crippen LogP contribution in [-0.2, 0) is 11.2 Å². The number of carbonyl (C=O) groups excluding carboxylic acids is 2. The molecule has 2 amide bonds. The Morgan fingerprint density at radius 3 is 2.45 bits per heavy atom. The van der Waals surface area contributed by atoms with Crippen molar-refractivity contribution in [2.45, 2.75) is 70.0 Å². The first-order chi connectivity index (χ1) is 19.4. The Hall–Kier alpha value is -4.13.